The van der Waals surface area contributed by atoms with E-state index in [4.69, 9.17) is 0 Å². The molecule has 0 aliphatic heterocycles. The number of aryl methyl sites for hydroxylation is 3. The number of para-hydroxylation sites is 1. The quantitative estimate of drug-likeness (QED) is 0.113. The van der Waals surface area contributed by atoms with E-state index in [0.29, 0.717) is 0 Å². The number of hydrogen-bond donors (Lipinski definition) is 0. The van der Waals surface area contributed by atoms with Crippen molar-refractivity contribution in [2.24, 2.45) is 0 Å². The molecule has 334 valence electrons. The summed E-state index contributed by atoms with van der Waals surface area (Å²) in [5, 5.41) is 0. The first kappa shape index (κ1) is 45.4. The van der Waals surface area contributed by atoms with E-state index in [1.54, 1.807) is 0 Å². The third-order valence-corrected chi connectivity index (χ3v) is 12.2. The second kappa shape index (κ2) is 22.2. The molecule has 0 saturated carbocycles. The lowest BCUT2D eigenvalue weighted by molar-refractivity contribution is 1.27. The molecule has 10 aromatic rings. The molecule has 0 radical (unpaired) electrons. The maximum atomic E-state index is 2.31. The number of benzene rings is 10. The molecule has 0 aliphatic rings. The Bertz CT molecular complexity index is 3070. The Morgan fingerprint density at radius 3 is 0.681 bits per heavy atom. The molecule has 0 saturated heterocycles. The predicted molar refractivity (Wildman–Crippen MR) is 296 cm³/mol. The number of nitrogens with zero attached hydrogens (tertiary/aromatic N) is 2. The molecule has 0 amide bonds. The normalized spacial score (nSPS) is 10.5. The maximum absolute atomic E-state index is 2.31. The van der Waals surface area contributed by atoms with E-state index in [1.165, 1.54) is 61.2 Å². The summed E-state index contributed by atoms with van der Waals surface area (Å²) in [6, 6.07) is 96.6. The highest BCUT2D eigenvalue weighted by Gasteiger charge is 2.14. The first-order valence-corrected chi connectivity index (χ1v) is 23.7. The van der Waals surface area contributed by atoms with Crippen LogP contribution in [0.4, 0.5) is 34.1 Å². The molecule has 2 heteroatoms. The van der Waals surface area contributed by atoms with Crippen molar-refractivity contribution >= 4 is 57.4 Å². The number of hydrogen-bond acceptors (Lipinski definition) is 2. The largest absolute Gasteiger partial charge is 0.311 e. The van der Waals surface area contributed by atoms with E-state index in [1.807, 2.05) is 0 Å². The summed E-state index contributed by atoms with van der Waals surface area (Å²) < 4.78 is 0. The molecule has 0 spiro atoms. The smallest absolute Gasteiger partial charge is 0.0462 e. The third kappa shape index (κ3) is 11.6. The molecule has 0 atom stereocenters. The van der Waals surface area contributed by atoms with Crippen LogP contribution in [0.5, 0.6) is 0 Å². The minimum Gasteiger partial charge on any atom is -0.311 e. The van der Waals surface area contributed by atoms with Crippen molar-refractivity contribution < 1.29 is 0 Å². The third-order valence-electron chi connectivity index (χ3n) is 12.2. The van der Waals surface area contributed by atoms with Crippen LogP contribution in [-0.4, -0.2) is 0 Å². The van der Waals surface area contributed by atoms with Gasteiger partial charge in [0.25, 0.3) is 0 Å². The van der Waals surface area contributed by atoms with Gasteiger partial charge in [0.05, 0.1) is 0 Å². The lowest BCUT2D eigenvalue weighted by Gasteiger charge is -2.26. The van der Waals surface area contributed by atoms with Crippen molar-refractivity contribution in [3.63, 3.8) is 0 Å². The second-order valence-electron chi connectivity index (χ2n) is 17.3. The van der Waals surface area contributed by atoms with E-state index in [-0.39, 0.29) is 0 Å². The van der Waals surface area contributed by atoms with Crippen LogP contribution in [0.25, 0.3) is 23.3 Å². The molecular weight excluding hydrogens is 833 g/mol. The molecule has 0 heterocycles. The highest BCUT2D eigenvalue weighted by molar-refractivity contribution is 5.93. The van der Waals surface area contributed by atoms with Crippen LogP contribution in [0.2, 0.25) is 0 Å². The molecule has 69 heavy (non-hydrogen) atoms. The molecular formula is C67H56N2. The van der Waals surface area contributed by atoms with E-state index in [0.717, 1.165) is 34.1 Å². The van der Waals surface area contributed by atoms with E-state index in [9.17, 15) is 0 Å². The molecule has 0 unspecified atom stereocenters. The van der Waals surface area contributed by atoms with Gasteiger partial charge in [-0.1, -0.05) is 217 Å². The summed E-state index contributed by atoms with van der Waals surface area (Å²) in [7, 11) is 0. The topological polar surface area (TPSA) is 6.48 Å². The van der Waals surface area contributed by atoms with Gasteiger partial charge in [-0.15, -0.1) is 0 Å². The molecule has 10 rings (SSSR count). The van der Waals surface area contributed by atoms with Gasteiger partial charge in [-0.2, -0.15) is 0 Å². The fraction of sp³-hybridized carbons (Fsp3) is 0.0448. The molecule has 10 aromatic carbocycles. The SMILES string of the molecule is Cc1ccc(N(c2ccc(C)cc2)c2ccc(C=C(c3ccccc3)c3ccccc3)cc2)cc1.Cc1ccc(N(c2ccccc2)c2ccc(C=C(c3ccccc3)c3ccccc3)cc2)cc1. The fourth-order valence-electron chi connectivity index (χ4n) is 8.46. The Labute approximate surface area is 409 Å². The van der Waals surface area contributed by atoms with Crippen molar-refractivity contribution in [3.05, 3.63) is 323 Å². The summed E-state index contributed by atoms with van der Waals surface area (Å²) in [4.78, 5) is 4.60. The van der Waals surface area contributed by atoms with Gasteiger partial charge in [0, 0.05) is 34.1 Å². The zero-order valence-corrected chi connectivity index (χ0v) is 39.5. The van der Waals surface area contributed by atoms with Gasteiger partial charge < -0.3 is 9.80 Å². The standard InChI is InChI=1S/C34H29N.C33H27N/c1-26-13-19-31(20-14-26)35(32-21-15-27(2)16-22-32)33-23-17-28(18-24-33)25-34(29-9-5-3-6-10-29)30-11-7-4-8-12-30;1-26-17-21-31(22-18-26)34(30-15-9-4-10-16-30)32-23-19-27(20-24-32)25-33(28-11-5-2-6-12-28)29-13-7-3-8-14-29/h3-25H,1-2H3;2-25H,1H3. The van der Waals surface area contributed by atoms with Crippen molar-refractivity contribution in [2.45, 2.75) is 20.8 Å². The highest BCUT2D eigenvalue weighted by Crippen LogP contribution is 2.37. The van der Waals surface area contributed by atoms with Gasteiger partial charge in [0.2, 0.25) is 0 Å². The van der Waals surface area contributed by atoms with Crippen LogP contribution < -0.4 is 9.80 Å². The summed E-state index contributed by atoms with van der Waals surface area (Å²) in [5.74, 6) is 0. The lowest BCUT2D eigenvalue weighted by atomic mass is 9.95. The van der Waals surface area contributed by atoms with Gasteiger partial charge in [0.1, 0.15) is 0 Å². The summed E-state index contributed by atoms with van der Waals surface area (Å²) in [6.45, 7) is 6.37. The summed E-state index contributed by atoms with van der Waals surface area (Å²) >= 11 is 0. The molecule has 0 aromatic heterocycles. The van der Waals surface area contributed by atoms with Crippen LogP contribution in [0.15, 0.2) is 273 Å². The highest BCUT2D eigenvalue weighted by atomic mass is 15.1. The molecule has 0 N–H and O–H groups in total. The van der Waals surface area contributed by atoms with E-state index in [2.05, 4.69) is 316 Å². The van der Waals surface area contributed by atoms with Crippen molar-refractivity contribution in [3.8, 4) is 0 Å². The Kier molecular flexibility index (Phi) is 14.6. The Balaban J connectivity index is 0.000000172. The number of rotatable bonds is 12. The van der Waals surface area contributed by atoms with Crippen molar-refractivity contribution in [1.29, 1.82) is 0 Å². The van der Waals surface area contributed by atoms with Gasteiger partial charge >= 0.3 is 0 Å². The average Bonchev–Trinajstić information content (AvgIpc) is 3.41. The number of anilines is 6. The van der Waals surface area contributed by atoms with E-state index < -0.39 is 0 Å². The summed E-state index contributed by atoms with van der Waals surface area (Å²) in [6.07, 6.45) is 4.55. The molecule has 0 aliphatic carbocycles. The maximum Gasteiger partial charge on any atom is 0.0462 e. The average molecular weight is 889 g/mol. The zero-order chi connectivity index (χ0) is 47.2. The van der Waals surface area contributed by atoms with Crippen LogP contribution in [0, 0.1) is 20.8 Å². The van der Waals surface area contributed by atoms with Gasteiger partial charge in [0.15, 0.2) is 0 Å². The monoisotopic (exact) mass is 888 g/mol. The minimum absolute atomic E-state index is 1.13. The van der Waals surface area contributed by atoms with Crippen molar-refractivity contribution in [2.75, 3.05) is 9.80 Å². The van der Waals surface area contributed by atoms with E-state index >= 15 is 0 Å². The van der Waals surface area contributed by atoms with Crippen LogP contribution >= 0.6 is 0 Å². The first-order chi connectivity index (χ1) is 33.9. The molecule has 0 bridgehead atoms. The van der Waals surface area contributed by atoms with Gasteiger partial charge in [-0.25, -0.2) is 0 Å². The summed E-state index contributed by atoms with van der Waals surface area (Å²) in [5.41, 5.74) is 20.2. The van der Waals surface area contributed by atoms with Crippen molar-refractivity contribution in [1.82, 2.24) is 0 Å². The fourth-order valence-corrected chi connectivity index (χ4v) is 8.46. The Hall–Kier alpha value is -8.72. The minimum atomic E-state index is 1.13. The van der Waals surface area contributed by atoms with Crippen LogP contribution in [0.1, 0.15) is 50.1 Å². The first-order valence-electron chi connectivity index (χ1n) is 23.7. The second-order valence-corrected chi connectivity index (χ2v) is 17.3. The van der Waals surface area contributed by atoms with Crippen LogP contribution in [-0.2, 0) is 0 Å². The predicted octanol–water partition coefficient (Wildman–Crippen LogP) is 18.4. The van der Waals surface area contributed by atoms with Gasteiger partial charge in [-0.05, 0) is 150 Å². The Morgan fingerprint density at radius 2 is 0.435 bits per heavy atom. The zero-order valence-electron chi connectivity index (χ0n) is 39.5. The van der Waals surface area contributed by atoms with Gasteiger partial charge in [-0.3, -0.25) is 0 Å². The Morgan fingerprint density at radius 1 is 0.232 bits per heavy atom. The van der Waals surface area contributed by atoms with Crippen LogP contribution in [0.3, 0.4) is 0 Å². The molecule has 0 fully saturated rings. The lowest BCUT2D eigenvalue weighted by Crippen LogP contribution is -2.09. The molecule has 2 nitrogen and oxygen atoms in total.